The average Bonchev–Trinajstić information content (AvgIpc) is 3.01. The van der Waals surface area contributed by atoms with E-state index in [1.807, 2.05) is 13.1 Å². The number of hydrogen-bond donors (Lipinski definition) is 1. The molecule has 4 heterocycles. The largest absolute Gasteiger partial charge is 0.346 e. The summed E-state index contributed by atoms with van der Waals surface area (Å²) in [4.78, 5) is 23.9. The molecule has 0 radical (unpaired) electrons. The molecule has 9 nitrogen and oxygen atoms in total. The van der Waals surface area contributed by atoms with Crippen molar-refractivity contribution in [2.75, 3.05) is 11.4 Å². The molecule has 3 aromatic rings. The summed E-state index contributed by atoms with van der Waals surface area (Å²) in [5.41, 5.74) is 0.950. The Hall–Kier alpha value is -2.49. The Morgan fingerprint density at radius 3 is 3.04 bits per heavy atom. The first-order chi connectivity index (χ1) is 12.2. The molecule has 10 heteroatoms. The first kappa shape index (κ1) is 14.8. The number of imidazole rings is 1. The molecule has 0 aromatic carbocycles. The predicted octanol–water partition coefficient (Wildman–Crippen LogP) is 1.72. The Labute approximate surface area is 147 Å². The van der Waals surface area contributed by atoms with Gasteiger partial charge in [-0.1, -0.05) is 16.5 Å². The SMILES string of the molecule is Cc1cn2nc(N3CCCC3c3nc(C(=O)NC4CC4)no3)sc2n1. The van der Waals surface area contributed by atoms with Crippen molar-refractivity contribution in [3.05, 3.63) is 23.6 Å². The van der Waals surface area contributed by atoms with Gasteiger partial charge in [0.05, 0.1) is 11.9 Å². The van der Waals surface area contributed by atoms with E-state index in [-0.39, 0.29) is 23.8 Å². The van der Waals surface area contributed by atoms with Crippen LogP contribution >= 0.6 is 11.3 Å². The molecule has 1 saturated carbocycles. The topological polar surface area (TPSA) is 101 Å². The van der Waals surface area contributed by atoms with Crippen LogP contribution in [0.2, 0.25) is 0 Å². The minimum absolute atomic E-state index is 0.0491. The summed E-state index contributed by atoms with van der Waals surface area (Å²) in [7, 11) is 0. The summed E-state index contributed by atoms with van der Waals surface area (Å²) in [6.45, 7) is 2.82. The summed E-state index contributed by atoms with van der Waals surface area (Å²) >= 11 is 1.54. The van der Waals surface area contributed by atoms with E-state index in [1.54, 1.807) is 15.9 Å². The number of nitrogens with zero attached hydrogens (tertiary/aromatic N) is 6. The standard InChI is InChI=1S/C15H17N7O2S/c1-8-7-22-14(16-8)25-15(19-22)21-6-2-3-10(21)13-18-11(20-24-13)12(23)17-9-4-5-9/h7,9-10H,2-6H2,1H3,(H,17,23). The number of carbonyl (C=O) groups is 1. The monoisotopic (exact) mass is 359 g/mol. The third-order valence-electron chi connectivity index (χ3n) is 4.49. The lowest BCUT2D eigenvalue weighted by Crippen LogP contribution is -2.27. The number of rotatable bonds is 4. The van der Waals surface area contributed by atoms with Crippen LogP contribution in [-0.2, 0) is 0 Å². The molecule has 0 spiro atoms. The number of nitrogens with one attached hydrogen (secondary N) is 1. The maximum absolute atomic E-state index is 12.1. The second kappa shape index (κ2) is 5.51. The first-order valence-corrected chi connectivity index (χ1v) is 9.23. The first-order valence-electron chi connectivity index (χ1n) is 8.41. The van der Waals surface area contributed by atoms with Crippen LogP contribution in [0.3, 0.4) is 0 Å². The van der Waals surface area contributed by atoms with Gasteiger partial charge in [-0.2, -0.15) is 4.98 Å². The molecule has 130 valence electrons. The highest BCUT2D eigenvalue weighted by Crippen LogP contribution is 2.37. The fourth-order valence-electron chi connectivity index (χ4n) is 3.11. The van der Waals surface area contributed by atoms with E-state index in [2.05, 4.69) is 30.4 Å². The van der Waals surface area contributed by atoms with Gasteiger partial charge in [-0.3, -0.25) is 4.79 Å². The number of hydrogen-bond acceptors (Lipinski definition) is 8. The molecule has 1 N–H and O–H groups in total. The van der Waals surface area contributed by atoms with Gasteiger partial charge in [0.15, 0.2) is 0 Å². The zero-order valence-electron chi connectivity index (χ0n) is 13.7. The average molecular weight is 359 g/mol. The molecule has 1 aliphatic carbocycles. The zero-order valence-corrected chi connectivity index (χ0v) is 14.5. The van der Waals surface area contributed by atoms with Gasteiger partial charge in [-0.15, -0.1) is 5.10 Å². The van der Waals surface area contributed by atoms with E-state index >= 15 is 0 Å². The summed E-state index contributed by atoms with van der Waals surface area (Å²) in [6.07, 6.45) is 5.87. The Morgan fingerprint density at radius 2 is 2.24 bits per heavy atom. The van der Waals surface area contributed by atoms with Crippen molar-refractivity contribution >= 4 is 27.3 Å². The van der Waals surface area contributed by atoms with E-state index in [0.29, 0.717) is 5.89 Å². The highest BCUT2D eigenvalue weighted by atomic mass is 32.1. The normalized spacial score (nSPS) is 20.5. The summed E-state index contributed by atoms with van der Waals surface area (Å²) in [5, 5.41) is 12.2. The fraction of sp³-hybridized carbons (Fsp3) is 0.533. The second-order valence-electron chi connectivity index (χ2n) is 6.55. The molecule has 1 aliphatic heterocycles. The molecule has 1 amide bonds. The van der Waals surface area contributed by atoms with Gasteiger partial charge in [0.2, 0.25) is 16.0 Å². The fourth-order valence-corrected chi connectivity index (χ4v) is 4.11. The van der Waals surface area contributed by atoms with Gasteiger partial charge in [-0.25, -0.2) is 9.50 Å². The molecular formula is C15H17N7O2S. The van der Waals surface area contributed by atoms with Crippen LogP contribution in [0.15, 0.2) is 10.7 Å². The zero-order chi connectivity index (χ0) is 17.0. The number of fused-ring (bicyclic) bond motifs is 1. The van der Waals surface area contributed by atoms with Crippen molar-refractivity contribution in [2.24, 2.45) is 0 Å². The Bertz CT molecular complexity index is 909. The molecule has 1 saturated heterocycles. The Balaban J connectivity index is 1.39. The molecule has 2 aliphatic rings. The maximum atomic E-state index is 12.1. The van der Waals surface area contributed by atoms with Crippen molar-refractivity contribution in [3.8, 4) is 0 Å². The van der Waals surface area contributed by atoms with Gasteiger partial charge >= 0.3 is 0 Å². The third-order valence-corrected chi connectivity index (χ3v) is 5.45. The minimum Gasteiger partial charge on any atom is -0.346 e. The lowest BCUT2D eigenvalue weighted by molar-refractivity contribution is 0.0937. The van der Waals surface area contributed by atoms with Gasteiger partial charge in [-0.05, 0) is 32.6 Å². The molecule has 3 aromatic heterocycles. The molecule has 25 heavy (non-hydrogen) atoms. The number of amides is 1. The van der Waals surface area contributed by atoms with Crippen LogP contribution in [-0.4, -0.2) is 43.2 Å². The van der Waals surface area contributed by atoms with E-state index in [0.717, 1.165) is 48.0 Å². The number of aromatic nitrogens is 5. The van der Waals surface area contributed by atoms with Crippen molar-refractivity contribution < 1.29 is 9.32 Å². The van der Waals surface area contributed by atoms with E-state index in [4.69, 9.17) is 4.52 Å². The number of anilines is 1. The smallest absolute Gasteiger partial charge is 0.292 e. The van der Waals surface area contributed by atoms with Crippen LogP contribution < -0.4 is 10.2 Å². The van der Waals surface area contributed by atoms with E-state index in [9.17, 15) is 4.79 Å². The van der Waals surface area contributed by atoms with Gasteiger partial charge in [0, 0.05) is 12.6 Å². The molecule has 0 bridgehead atoms. The molecule has 1 unspecified atom stereocenters. The van der Waals surface area contributed by atoms with E-state index in [1.165, 1.54) is 0 Å². The number of aryl methyl sites for hydroxylation is 1. The van der Waals surface area contributed by atoms with Crippen LogP contribution in [0, 0.1) is 6.92 Å². The van der Waals surface area contributed by atoms with Crippen LogP contribution in [0.25, 0.3) is 4.96 Å². The lowest BCUT2D eigenvalue weighted by atomic mass is 10.2. The molecule has 2 fully saturated rings. The van der Waals surface area contributed by atoms with Crippen molar-refractivity contribution in [1.82, 2.24) is 30.1 Å². The summed E-state index contributed by atoms with van der Waals surface area (Å²) in [6, 6.07) is 0.222. The summed E-state index contributed by atoms with van der Waals surface area (Å²) < 4.78 is 7.19. The van der Waals surface area contributed by atoms with Gasteiger partial charge < -0.3 is 14.7 Å². The van der Waals surface area contributed by atoms with Gasteiger partial charge in [0.1, 0.15) is 6.04 Å². The van der Waals surface area contributed by atoms with Crippen LogP contribution in [0.4, 0.5) is 5.13 Å². The highest BCUT2D eigenvalue weighted by Gasteiger charge is 2.34. The van der Waals surface area contributed by atoms with Crippen molar-refractivity contribution in [2.45, 2.75) is 44.7 Å². The second-order valence-corrected chi connectivity index (χ2v) is 7.48. The van der Waals surface area contributed by atoms with Crippen LogP contribution in [0.1, 0.15) is 53.9 Å². The van der Waals surface area contributed by atoms with Crippen LogP contribution in [0.5, 0.6) is 0 Å². The predicted molar refractivity (Wildman–Crippen MR) is 89.7 cm³/mol. The van der Waals surface area contributed by atoms with Crippen molar-refractivity contribution in [1.29, 1.82) is 0 Å². The maximum Gasteiger partial charge on any atom is 0.292 e. The molecule has 5 rings (SSSR count). The number of carbonyl (C=O) groups excluding carboxylic acids is 1. The summed E-state index contributed by atoms with van der Waals surface area (Å²) in [5.74, 6) is 0.325. The minimum atomic E-state index is -0.259. The lowest BCUT2D eigenvalue weighted by Gasteiger charge is -2.19. The van der Waals surface area contributed by atoms with E-state index < -0.39 is 0 Å². The van der Waals surface area contributed by atoms with Gasteiger partial charge in [0.25, 0.3) is 11.7 Å². The highest BCUT2D eigenvalue weighted by molar-refractivity contribution is 7.20. The molecular weight excluding hydrogens is 342 g/mol. The van der Waals surface area contributed by atoms with Crippen molar-refractivity contribution in [3.63, 3.8) is 0 Å². The Morgan fingerprint density at radius 1 is 1.36 bits per heavy atom. The third kappa shape index (κ3) is 2.66. The Kier molecular flexibility index (Phi) is 3.27. The quantitative estimate of drug-likeness (QED) is 0.757. The molecule has 1 atom stereocenters.